The van der Waals surface area contributed by atoms with Crippen molar-refractivity contribution < 1.29 is 14.0 Å². The van der Waals surface area contributed by atoms with Crippen LogP contribution >= 0.6 is 11.6 Å². The second kappa shape index (κ2) is 5.10. The van der Waals surface area contributed by atoms with Crippen LogP contribution in [-0.4, -0.2) is 45.7 Å². The third-order valence-electron chi connectivity index (χ3n) is 3.58. The molecule has 1 aromatic carbocycles. The predicted octanol–water partition coefficient (Wildman–Crippen LogP) is 1.89. The van der Waals surface area contributed by atoms with Crippen LogP contribution in [0.4, 0.5) is 10.1 Å². The normalized spacial score (nSPS) is 16.2. The monoisotopic (exact) mass is 322 g/mol. The van der Waals surface area contributed by atoms with Crippen LogP contribution < -0.4 is 5.32 Å². The van der Waals surface area contributed by atoms with E-state index in [0.717, 1.165) is 6.08 Å². The van der Waals surface area contributed by atoms with Gasteiger partial charge in [0.05, 0.1) is 35.5 Å². The Morgan fingerprint density at radius 1 is 1.50 bits per heavy atom. The molecule has 22 heavy (non-hydrogen) atoms. The highest BCUT2D eigenvalue weighted by Crippen LogP contribution is 2.32. The van der Waals surface area contributed by atoms with Gasteiger partial charge in [-0.05, 0) is 18.2 Å². The summed E-state index contributed by atoms with van der Waals surface area (Å²) in [7, 11) is 0. The number of hydrogen-bond acceptors (Lipinski definition) is 3. The van der Waals surface area contributed by atoms with E-state index in [0.29, 0.717) is 16.6 Å². The summed E-state index contributed by atoms with van der Waals surface area (Å²) in [5, 5.41) is 9.96. The van der Waals surface area contributed by atoms with Crippen molar-refractivity contribution in [3.05, 3.63) is 36.0 Å². The van der Waals surface area contributed by atoms with Crippen LogP contribution in [0.5, 0.6) is 0 Å². The molecule has 1 aromatic heterocycles. The number of H-pyrrole nitrogens is 1. The first-order valence-corrected chi connectivity index (χ1v) is 6.86. The molecule has 0 atom stereocenters. The summed E-state index contributed by atoms with van der Waals surface area (Å²) < 4.78 is 14.4. The molecule has 0 radical (unpaired) electrons. The number of likely N-dealkylation sites (tertiary alicyclic amines) is 1. The van der Waals surface area contributed by atoms with Crippen LogP contribution in [0, 0.1) is 0 Å². The van der Waals surface area contributed by atoms with Crippen molar-refractivity contribution in [1.82, 2.24) is 15.1 Å². The minimum atomic E-state index is -2.12. The van der Waals surface area contributed by atoms with Gasteiger partial charge < -0.3 is 10.2 Å². The predicted molar refractivity (Wildman–Crippen MR) is 80.3 cm³/mol. The van der Waals surface area contributed by atoms with Crippen LogP contribution in [-0.2, 0) is 9.59 Å². The third kappa shape index (κ3) is 2.23. The van der Waals surface area contributed by atoms with Crippen molar-refractivity contribution in [2.45, 2.75) is 5.67 Å². The quantitative estimate of drug-likeness (QED) is 0.847. The Kier molecular flexibility index (Phi) is 3.37. The fraction of sp³-hybridized carbons (Fsp3) is 0.214. The fourth-order valence-electron chi connectivity index (χ4n) is 2.30. The first-order valence-electron chi connectivity index (χ1n) is 6.48. The van der Waals surface area contributed by atoms with Crippen molar-refractivity contribution in [3.63, 3.8) is 0 Å². The zero-order chi connectivity index (χ0) is 15.9. The Bertz CT molecular complexity index is 782. The molecule has 2 N–H and O–H groups in total. The molecule has 2 aromatic rings. The van der Waals surface area contributed by atoms with Gasteiger partial charge in [0.1, 0.15) is 0 Å². The van der Waals surface area contributed by atoms with Gasteiger partial charge in [-0.1, -0.05) is 18.2 Å². The molecule has 8 heteroatoms. The highest BCUT2D eigenvalue weighted by Gasteiger charge is 2.51. The zero-order valence-electron chi connectivity index (χ0n) is 11.4. The number of nitrogens with one attached hydrogen (secondary N) is 2. The summed E-state index contributed by atoms with van der Waals surface area (Å²) in [5.41, 5.74) is -1.11. The van der Waals surface area contributed by atoms with Gasteiger partial charge in [-0.15, -0.1) is 0 Å². The van der Waals surface area contributed by atoms with E-state index in [1.54, 1.807) is 12.1 Å². The van der Waals surface area contributed by atoms with Gasteiger partial charge >= 0.3 is 0 Å². The average molecular weight is 323 g/mol. The number of alkyl halides is 1. The Labute approximate surface area is 129 Å². The lowest BCUT2D eigenvalue weighted by Crippen LogP contribution is -2.65. The zero-order valence-corrected chi connectivity index (χ0v) is 12.2. The lowest BCUT2D eigenvalue weighted by molar-refractivity contribution is -0.150. The maximum absolute atomic E-state index is 14.4. The topological polar surface area (TPSA) is 78.1 Å². The first kappa shape index (κ1) is 14.5. The molecule has 2 amide bonds. The summed E-state index contributed by atoms with van der Waals surface area (Å²) in [6, 6.07) is 3.25. The number of halogens is 2. The first-order chi connectivity index (χ1) is 10.4. The molecule has 114 valence electrons. The number of benzene rings is 1. The van der Waals surface area contributed by atoms with E-state index in [-0.39, 0.29) is 18.1 Å². The van der Waals surface area contributed by atoms with Crippen molar-refractivity contribution in [1.29, 1.82) is 0 Å². The van der Waals surface area contributed by atoms with E-state index in [1.807, 2.05) is 0 Å². The molecular weight excluding hydrogens is 311 g/mol. The Balaban J connectivity index is 1.75. The molecule has 1 saturated heterocycles. The van der Waals surface area contributed by atoms with Gasteiger partial charge in [0.15, 0.2) is 0 Å². The molecule has 0 bridgehead atoms. The number of aromatic nitrogens is 2. The Morgan fingerprint density at radius 3 is 2.91 bits per heavy atom. The molecule has 1 fully saturated rings. The number of anilines is 1. The molecule has 0 aliphatic carbocycles. The van der Waals surface area contributed by atoms with Crippen LogP contribution in [0.15, 0.2) is 31.0 Å². The van der Waals surface area contributed by atoms with E-state index in [4.69, 9.17) is 11.6 Å². The Morgan fingerprint density at radius 2 is 2.23 bits per heavy atom. The maximum atomic E-state index is 14.4. The van der Waals surface area contributed by atoms with Gasteiger partial charge in [0.2, 0.25) is 11.6 Å². The Hall–Kier alpha value is -2.41. The summed E-state index contributed by atoms with van der Waals surface area (Å²) in [5.74, 6) is -1.23. The number of hydrogen-bond donors (Lipinski definition) is 2. The molecule has 0 unspecified atom stereocenters. The number of fused-ring (bicyclic) bond motifs is 1. The van der Waals surface area contributed by atoms with E-state index in [1.165, 1.54) is 11.1 Å². The van der Waals surface area contributed by atoms with Crippen molar-refractivity contribution in [3.8, 4) is 0 Å². The second-order valence-electron chi connectivity index (χ2n) is 5.08. The van der Waals surface area contributed by atoms with Crippen LogP contribution in [0.25, 0.3) is 10.9 Å². The van der Waals surface area contributed by atoms with E-state index < -0.39 is 17.5 Å². The average Bonchev–Trinajstić information content (AvgIpc) is 2.95. The SMILES string of the molecule is C=CC(=O)N1CC(F)(C(=O)Nc2ccc3[nH]ncc3c2Cl)C1. The van der Waals surface area contributed by atoms with E-state index in [9.17, 15) is 14.0 Å². The van der Waals surface area contributed by atoms with Gasteiger partial charge in [0.25, 0.3) is 5.91 Å². The van der Waals surface area contributed by atoms with E-state index in [2.05, 4.69) is 22.1 Å². The standard InChI is InChI=1S/C14H12ClFN4O2/c1-2-11(21)20-6-14(16,7-20)13(22)18-10-4-3-9-8(12(10)15)5-17-19-9/h2-5H,1,6-7H2,(H,17,19)(H,18,22). The second-order valence-corrected chi connectivity index (χ2v) is 5.45. The minimum Gasteiger partial charge on any atom is -0.331 e. The molecule has 1 aliphatic heterocycles. The molecular formula is C14H12ClFN4O2. The molecule has 1 aliphatic rings. The third-order valence-corrected chi connectivity index (χ3v) is 3.99. The van der Waals surface area contributed by atoms with Crippen LogP contribution in [0.1, 0.15) is 0 Å². The fourth-order valence-corrected chi connectivity index (χ4v) is 2.56. The summed E-state index contributed by atoms with van der Waals surface area (Å²) in [4.78, 5) is 24.6. The maximum Gasteiger partial charge on any atom is 0.265 e. The van der Waals surface area contributed by atoms with Gasteiger partial charge in [0, 0.05) is 5.39 Å². The van der Waals surface area contributed by atoms with Crippen molar-refractivity contribution >= 4 is 40.0 Å². The lowest BCUT2D eigenvalue weighted by Gasteiger charge is -2.42. The molecule has 6 nitrogen and oxygen atoms in total. The van der Waals surface area contributed by atoms with E-state index >= 15 is 0 Å². The highest BCUT2D eigenvalue weighted by atomic mass is 35.5. The molecule has 0 spiro atoms. The number of amides is 2. The number of nitrogens with zero attached hydrogens (tertiary/aromatic N) is 2. The molecule has 0 saturated carbocycles. The van der Waals surface area contributed by atoms with Crippen LogP contribution in [0.3, 0.4) is 0 Å². The number of aromatic amines is 1. The molecule has 2 heterocycles. The minimum absolute atomic E-state index is 0.279. The van der Waals surface area contributed by atoms with Gasteiger partial charge in [-0.25, -0.2) is 4.39 Å². The summed E-state index contributed by atoms with van der Waals surface area (Å²) in [6.07, 6.45) is 2.60. The highest BCUT2D eigenvalue weighted by molar-refractivity contribution is 6.38. The number of rotatable bonds is 3. The number of carbonyl (C=O) groups excluding carboxylic acids is 2. The summed E-state index contributed by atoms with van der Waals surface area (Å²) >= 11 is 6.16. The largest absolute Gasteiger partial charge is 0.331 e. The van der Waals surface area contributed by atoms with Crippen molar-refractivity contribution in [2.24, 2.45) is 0 Å². The van der Waals surface area contributed by atoms with Crippen molar-refractivity contribution in [2.75, 3.05) is 18.4 Å². The summed E-state index contributed by atoms with van der Waals surface area (Å²) in [6.45, 7) is 2.73. The smallest absolute Gasteiger partial charge is 0.265 e. The van der Waals surface area contributed by atoms with Gasteiger partial charge in [-0.3, -0.25) is 14.7 Å². The van der Waals surface area contributed by atoms with Gasteiger partial charge in [-0.2, -0.15) is 5.10 Å². The van der Waals surface area contributed by atoms with Crippen LogP contribution in [0.2, 0.25) is 5.02 Å². The lowest BCUT2D eigenvalue weighted by atomic mass is 9.95. The number of carbonyl (C=O) groups is 2. The molecule has 3 rings (SSSR count).